The summed E-state index contributed by atoms with van der Waals surface area (Å²) >= 11 is 0. The summed E-state index contributed by atoms with van der Waals surface area (Å²) in [4.78, 5) is 4.68. The van der Waals surface area contributed by atoms with Crippen LogP contribution in [0.15, 0.2) is 29.3 Å². The molecule has 2 aliphatic rings. The first kappa shape index (κ1) is 15.3. The molecule has 3 rings (SSSR count). The lowest BCUT2D eigenvalue weighted by Crippen LogP contribution is -2.39. The minimum Gasteiger partial charge on any atom is -0.376 e. The van der Waals surface area contributed by atoms with Gasteiger partial charge in [0.2, 0.25) is 0 Å². The fourth-order valence-electron chi connectivity index (χ4n) is 3.40. The van der Waals surface area contributed by atoms with Gasteiger partial charge in [-0.15, -0.1) is 0 Å². The monoisotopic (exact) mass is 301 g/mol. The lowest BCUT2D eigenvalue weighted by Gasteiger charge is -2.17. The molecule has 0 saturated carbocycles. The van der Waals surface area contributed by atoms with Crippen LogP contribution in [0, 0.1) is 0 Å². The van der Waals surface area contributed by atoms with Gasteiger partial charge in [-0.3, -0.25) is 4.99 Å². The first-order valence-corrected chi connectivity index (χ1v) is 8.58. The molecular weight excluding hydrogens is 274 g/mol. The second-order valence-electron chi connectivity index (χ2n) is 6.17. The Bertz CT molecular complexity index is 509. The van der Waals surface area contributed by atoms with E-state index >= 15 is 0 Å². The summed E-state index contributed by atoms with van der Waals surface area (Å²) in [5.41, 5.74) is 3.01. The van der Waals surface area contributed by atoms with Gasteiger partial charge in [0.25, 0.3) is 0 Å². The van der Waals surface area contributed by atoms with Crippen molar-refractivity contribution in [2.45, 2.75) is 44.6 Å². The molecule has 1 aromatic carbocycles. The van der Waals surface area contributed by atoms with Gasteiger partial charge in [0.1, 0.15) is 0 Å². The maximum atomic E-state index is 5.64. The van der Waals surface area contributed by atoms with Gasteiger partial charge >= 0.3 is 0 Å². The van der Waals surface area contributed by atoms with Crippen LogP contribution < -0.4 is 10.6 Å². The van der Waals surface area contributed by atoms with Crippen LogP contribution in [0.1, 0.15) is 43.2 Å². The van der Waals surface area contributed by atoms with E-state index in [2.05, 4.69) is 46.8 Å². The molecule has 0 radical (unpaired) electrons. The predicted octanol–water partition coefficient (Wildman–Crippen LogP) is 2.45. The van der Waals surface area contributed by atoms with Crippen molar-refractivity contribution in [3.05, 3.63) is 35.4 Å². The average Bonchev–Trinajstić information content (AvgIpc) is 3.20. The highest BCUT2D eigenvalue weighted by Gasteiger charge is 2.22. The number of hydrogen-bond acceptors (Lipinski definition) is 2. The standard InChI is InChI=1S/C18H27N3O/c1-2-19-18(21-13-16-7-5-11-22-16)20-12-15-10-9-14-6-3-4-8-17(14)15/h3-4,6,8,15-16H,2,5,7,9-13H2,1H3,(H2,19,20,21). The molecule has 1 aromatic rings. The third kappa shape index (κ3) is 3.80. The fourth-order valence-corrected chi connectivity index (χ4v) is 3.40. The van der Waals surface area contributed by atoms with E-state index in [-0.39, 0.29) is 0 Å². The van der Waals surface area contributed by atoms with Crippen molar-refractivity contribution >= 4 is 5.96 Å². The predicted molar refractivity (Wildman–Crippen MR) is 90.5 cm³/mol. The molecule has 2 atom stereocenters. The first-order chi connectivity index (χ1) is 10.9. The second kappa shape index (κ2) is 7.63. The van der Waals surface area contributed by atoms with Crippen LogP contribution in [0.3, 0.4) is 0 Å². The van der Waals surface area contributed by atoms with E-state index in [9.17, 15) is 0 Å². The number of rotatable bonds is 5. The Hall–Kier alpha value is -1.55. The molecule has 0 bridgehead atoms. The van der Waals surface area contributed by atoms with Crippen molar-refractivity contribution in [3.8, 4) is 0 Å². The number of aliphatic imine (C=N–C) groups is 1. The molecule has 1 saturated heterocycles. The molecule has 22 heavy (non-hydrogen) atoms. The van der Waals surface area contributed by atoms with E-state index in [1.54, 1.807) is 0 Å². The Morgan fingerprint density at radius 2 is 2.18 bits per heavy atom. The van der Waals surface area contributed by atoms with Crippen molar-refractivity contribution in [1.82, 2.24) is 10.6 Å². The fraction of sp³-hybridized carbons (Fsp3) is 0.611. The Morgan fingerprint density at radius 3 is 3.00 bits per heavy atom. The topological polar surface area (TPSA) is 45.7 Å². The van der Waals surface area contributed by atoms with E-state index in [4.69, 9.17) is 4.74 Å². The Kier molecular flexibility index (Phi) is 5.33. The molecule has 0 aromatic heterocycles. The van der Waals surface area contributed by atoms with Crippen molar-refractivity contribution in [1.29, 1.82) is 0 Å². The number of nitrogens with zero attached hydrogens (tertiary/aromatic N) is 1. The van der Waals surface area contributed by atoms with Crippen LogP contribution in [0.4, 0.5) is 0 Å². The summed E-state index contributed by atoms with van der Waals surface area (Å²) in [5.74, 6) is 1.52. The lowest BCUT2D eigenvalue weighted by atomic mass is 10.0. The largest absolute Gasteiger partial charge is 0.376 e. The van der Waals surface area contributed by atoms with Crippen LogP contribution in [-0.2, 0) is 11.2 Å². The number of guanidine groups is 1. The lowest BCUT2D eigenvalue weighted by molar-refractivity contribution is 0.117. The highest BCUT2D eigenvalue weighted by Crippen LogP contribution is 2.32. The quantitative estimate of drug-likeness (QED) is 0.649. The number of fused-ring (bicyclic) bond motifs is 1. The van der Waals surface area contributed by atoms with Crippen molar-refractivity contribution < 1.29 is 4.74 Å². The minimum absolute atomic E-state index is 0.308. The van der Waals surface area contributed by atoms with E-state index in [0.717, 1.165) is 38.6 Å². The minimum atomic E-state index is 0.308. The molecule has 2 N–H and O–H groups in total. The number of ether oxygens (including phenoxy) is 1. The molecule has 1 aliphatic heterocycles. The Balaban J connectivity index is 1.54. The van der Waals surface area contributed by atoms with E-state index in [0.29, 0.717) is 12.0 Å². The first-order valence-electron chi connectivity index (χ1n) is 8.58. The molecule has 0 spiro atoms. The molecule has 4 nitrogen and oxygen atoms in total. The van der Waals surface area contributed by atoms with E-state index in [1.165, 1.54) is 30.4 Å². The van der Waals surface area contributed by atoms with Gasteiger partial charge in [-0.05, 0) is 43.7 Å². The van der Waals surface area contributed by atoms with Crippen LogP contribution >= 0.6 is 0 Å². The number of aryl methyl sites for hydroxylation is 1. The van der Waals surface area contributed by atoms with Crippen molar-refractivity contribution in [2.75, 3.05) is 26.2 Å². The molecule has 1 aliphatic carbocycles. The summed E-state index contributed by atoms with van der Waals surface area (Å²) in [6, 6.07) is 8.81. The van der Waals surface area contributed by atoms with Gasteiger partial charge in [-0.2, -0.15) is 0 Å². The number of nitrogens with one attached hydrogen (secondary N) is 2. The van der Waals surface area contributed by atoms with Gasteiger partial charge in [0.05, 0.1) is 12.6 Å². The normalized spacial score (nSPS) is 24.3. The summed E-state index contributed by atoms with van der Waals surface area (Å²) < 4.78 is 5.64. The maximum Gasteiger partial charge on any atom is 0.191 e. The third-order valence-electron chi connectivity index (χ3n) is 4.59. The molecule has 2 unspecified atom stereocenters. The van der Waals surface area contributed by atoms with Crippen LogP contribution in [0.25, 0.3) is 0 Å². The van der Waals surface area contributed by atoms with Gasteiger partial charge in [-0.25, -0.2) is 0 Å². The highest BCUT2D eigenvalue weighted by molar-refractivity contribution is 5.79. The van der Waals surface area contributed by atoms with Gasteiger partial charge < -0.3 is 15.4 Å². The Labute approximate surface area is 133 Å². The van der Waals surface area contributed by atoms with Gasteiger partial charge in [0.15, 0.2) is 5.96 Å². The van der Waals surface area contributed by atoms with Crippen LogP contribution in [0.2, 0.25) is 0 Å². The van der Waals surface area contributed by atoms with E-state index < -0.39 is 0 Å². The van der Waals surface area contributed by atoms with Crippen molar-refractivity contribution in [3.63, 3.8) is 0 Å². The van der Waals surface area contributed by atoms with Gasteiger partial charge in [0, 0.05) is 25.6 Å². The zero-order chi connectivity index (χ0) is 15.2. The summed E-state index contributed by atoms with van der Waals surface area (Å²) in [6.45, 7) is 5.60. The highest BCUT2D eigenvalue weighted by atomic mass is 16.5. The van der Waals surface area contributed by atoms with Crippen LogP contribution in [-0.4, -0.2) is 38.3 Å². The molecule has 4 heteroatoms. The average molecular weight is 301 g/mol. The SMILES string of the molecule is CCNC(=NCC1CCCO1)NCC1CCc2ccccc21. The smallest absolute Gasteiger partial charge is 0.191 e. The molecule has 1 heterocycles. The summed E-state index contributed by atoms with van der Waals surface area (Å²) in [5, 5.41) is 6.85. The zero-order valence-corrected chi connectivity index (χ0v) is 13.5. The second-order valence-corrected chi connectivity index (χ2v) is 6.17. The molecular formula is C18H27N3O. The van der Waals surface area contributed by atoms with Crippen molar-refractivity contribution in [2.24, 2.45) is 4.99 Å². The van der Waals surface area contributed by atoms with Gasteiger partial charge in [-0.1, -0.05) is 24.3 Å². The summed E-state index contributed by atoms with van der Waals surface area (Å²) in [6.07, 6.45) is 5.05. The molecule has 1 fully saturated rings. The molecule has 0 amide bonds. The van der Waals surface area contributed by atoms with Crippen LogP contribution in [0.5, 0.6) is 0 Å². The molecule has 120 valence electrons. The number of hydrogen-bond donors (Lipinski definition) is 2. The van der Waals surface area contributed by atoms with E-state index in [1.807, 2.05) is 0 Å². The Morgan fingerprint density at radius 1 is 1.27 bits per heavy atom. The maximum absolute atomic E-state index is 5.64. The number of benzene rings is 1. The zero-order valence-electron chi connectivity index (χ0n) is 13.5. The third-order valence-corrected chi connectivity index (χ3v) is 4.59. The summed E-state index contributed by atoms with van der Waals surface area (Å²) in [7, 11) is 0.